The molecule has 0 aliphatic carbocycles. The van der Waals surface area contributed by atoms with Gasteiger partial charge in [-0.2, -0.15) is 0 Å². The molecule has 0 atom stereocenters. The summed E-state index contributed by atoms with van der Waals surface area (Å²) in [6.07, 6.45) is 0. The highest BCUT2D eigenvalue weighted by molar-refractivity contribution is 6.32. The minimum absolute atomic E-state index is 0.0635. The number of hydrogen-bond acceptors (Lipinski definition) is 5. The zero-order valence-corrected chi connectivity index (χ0v) is 15.2. The van der Waals surface area contributed by atoms with Crippen LogP contribution in [0, 0.1) is 10.1 Å². The van der Waals surface area contributed by atoms with Gasteiger partial charge >= 0.3 is 5.97 Å². The first kappa shape index (κ1) is 19.7. The number of rotatable bonds is 6. The summed E-state index contributed by atoms with van der Waals surface area (Å²) in [7, 11) is 1.56. The van der Waals surface area contributed by atoms with Crippen molar-refractivity contribution in [1.82, 2.24) is 4.90 Å². The molecule has 0 aromatic heterocycles. The van der Waals surface area contributed by atoms with Gasteiger partial charge in [0, 0.05) is 24.7 Å². The quantitative estimate of drug-likeness (QED) is 0.421. The third-order valence-corrected chi connectivity index (χ3v) is 3.99. The fourth-order valence-electron chi connectivity index (χ4n) is 2.10. The molecule has 0 bridgehead atoms. The van der Waals surface area contributed by atoms with Crippen molar-refractivity contribution >= 4 is 40.8 Å². The number of amides is 1. The first-order valence-corrected chi connectivity index (χ1v) is 8.13. The lowest BCUT2D eigenvalue weighted by molar-refractivity contribution is -0.384. The second-order valence-electron chi connectivity index (χ2n) is 5.38. The molecule has 0 aliphatic rings. The zero-order valence-electron chi connectivity index (χ0n) is 13.6. The zero-order chi connectivity index (χ0) is 19.3. The Morgan fingerprint density at radius 3 is 2.58 bits per heavy atom. The van der Waals surface area contributed by atoms with Gasteiger partial charge in [-0.05, 0) is 29.8 Å². The highest BCUT2D eigenvalue weighted by Gasteiger charge is 2.19. The molecule has 7 nitrogen and oxygen atoms in total. The predicted molar refractivity (Wildman–Crippen MR) is 96.3 cm³/mol. The van der Waals surface area contributed by atoms with Crippen LogP contribution in [0.25, 0.3) is 0 Å². The normalized spacial score (nSPS) is 10.3. The van der Waals surface area contributed by atoms with E-state index in [4.69, 9.17) is 27.9 Å². The van der Waals surface area contributed by atoms with E-state index in [0.29, 0.717) is 11.6 Å². The largest absolute Gasteiger partial charge is 0.452 e. The number of carbonyl (C=O) groups is 2. The Labute approximate surface area is 159 Å². The molecule has 2 rings (SSSR count). The second-order valence-corrected chi connectivity index (χ2v) is 6.22. The third kappa shape index (κ3) is 5.18. The molecule has 9 heteroatoms. The first-order valence-electron chi connectivity index (χ1n) is 7.37. The molecular formula is C17H14Cl2N2O5. The lowest BCUT2D eigenvalue weighted by Gasteiger charge is -2.17. The molecule has 0 aliphatic heterocycles. The summed E-state index contributed by atoms with van der Waals surface area (Å²) in [6, 6.07) is 10.5. The molecule has 0 N–H and O–H groups in total. The van der Waals surface area contributed by atoms with E-state index in [1.54, 1.807) is 25.2 Å². The highest BCUT2D eigenvalue weighted by atomic mass is 35.5. The number of halogens is 2. The van der Waals surface area contributed by atoms with Crippen LogP contribution in [0.2, 0.25) is 10.0 Å². The van der Waals surface area contributed by atoms with Crippen LogP contribution in [0.5, 0.6) is 0 Å². The summed E-state index contributed by atoms with van der Waals surface area (Å²) in [4.78, 5) is 35.6. The Kier molecular flexibility index (Phi) is 6.54. The second kappa shape index (κ2) is 8.64. The van der Waals surface area contributed by atoms with E-state index in [2.05, 4.69) is 0 Å². The number of ether oxygens (including phenoxy) is 1. The maximum atomic E-state index is 12.1. The van der Waals surface area contributed by atoms with Gasteiger partial charge in [0.05, 0.1) is 10.5 Å². The van der Waals surface area contributed by atoms with E-state index in [9.17, 15) is 19.7 Å². The summed E-state index contributed by atoms with van der Waals surface area (Å²) in [5, 5.41) is 11.3. The summed E-state index contributed by atoms with van der Waals surface area (Å²) in [5.74, 6) is -1.28. The molecule has 0 spiro atoms. The lowest BCUT2D eigenvalue weighted by atomic mass is 10.2. The van der Waals surface area contributed by atoms with E-state index in [-0.39, 0.29) is 10.6 Å². The SMILES string of the molecule is CN(Cc1cccc(Cl)c1)C(=O)COC(=O)c1ccc(Cl)c([N+](=O)[O-])c1. The van der Waals surface area contributed by atoms with Crippen molar-refractivity contribution in [2.45, 2.75) is 6.54 Å². The standard InChI is InChI=1S/C17H14Cl2N2O5/c1-20(9-11-3-2-4-13(18)7-11)16(22)10-26-17(23)12-5-6-14(19)15(8-12)21(24)25/h2-8H,9-10H2,1H3. The number of carbonyl (C=O) groups excluding carboxylic acids is 2. The highest BCUT2D eigenvalue weighted by Crippen LogP contribution is 2.25. The summed E-state index contributed by atoms with van der Waals surface area (Å²) >= 11 is 11.6. The van der Waals surface area contributed by atoms with E-state index < -0.39 is 29.1 Å². The van der Waals surface area contributed by atoms with Gasteiger partial charge in [0.25, 0.3) is 11.6 Å². The number of nitro groups is 1. The Morgan fingerprint density at radius 1 is 1.19 bits per heavy atom. The van der Waals surface area contributed by atoms with Crippen LogP contribution in [-0.4, -0.2) is 35.4 Å². The van der Waals surface area contributed by atoms with Crippen molar-refractivity contribution in [3.8, 4) is 0 Å². The molecule has 1 amide bonds. The van der Waals surface area contributed by atoms with E-state index >= 15 is 0 Å². The smallest absolute Gasteiger partial charge is 0.338 e. The number of benzene rings is 2. The van der Waals surface area contributed by atoms with Crippen LogP contribution in [0.1, 0.15) is 15.9 Å². The average molecular weight is 397 g/mol. The van der Waals surface area contributed by atoms with Crippen molar-refractivity contribution in [2.24, 2.45) is 0 Å². The van der Waals surface area contributed by atoms with Gasteiger partial charge < -0.3 is 9.64 Å². The van der Waals surface area contributed by atoms with Crippen molar-refractivity contribution in [3.05, 3.63) is 73.8 Å². The van der Waals surface area contributed by atoms with Gasteiger partial charge in [-0.1, -0.05) is 35.3 Å². The Hall–Kier alpha value is -2.64. The summed E-state index contributed by atoms with van der Waals surface area (Å²) < 4.78 is 4.93. The number of nitrogens with zero attached hydrogens (tertiary/aromatic N) is 2. The molecular weight excluding hydrogens is 383 g/mol. The molecule has 0 unspecified atom stereocenters. The maximum absolute atomic E-state index is 12.1. The van der Waals surface area contributed by atoms with Crippen molar-refractivity contribution in [1.29, 1.82) is 0 Å². The van der Waals surface area contributed by atoms with Crippen LogP contribution in [0.3, 0.4) is 0 Å². The van der Waals surface area contributed by atoms with E-state index in [1.165, 1.54) is 17.0 Å². The number of nitro benzene ring substituents is 1. The maximum Gasteiger partial charge on any atom is 0.338 e. The van der Waals surface area contributed by atoms with Gasteiger partial charge in [-0.25, -0.2) is 4.79 Å². The van der Waals surface area contributed by atoms with Crippen LogP contribution >= 0.6 is 23.2 Å². The Bertz CT molecular complexity index is 857. The molecule has 0 radical (unpaired) electrons. The number of likely N-dealkylation sites (N-methyl/N-ethyl adjacent to an activating group) is 1. The minimum atomic E-state index is -0.853. The Morgan fingerprint density at radius 2 is 1.92 bits per heavy atom. The summed E-state index contributed by atoms with van der Waals surface area (Å²) in [6.45, 7) is -0.199. The molecule has 2 aromatic carbocycles. The molecule has 136 valence electrons. The molecule has 0 saturated carbocycles. The Balaban J connectivity index is 1.95. The lowest BCUT2D eigenvalue weighted by Crippen LogP contribution is -2.30. The summed E-state index contributed by atoms with van der Waals surface area (Å²) in [5.41, 5.74) is 0.352. The molecule has 0 fully saturated rings. The van der Waals surface area contributed by atoms with Gasteiger partial charge in [0.15, 0.2) is 6.61 Å². The molecule has 26 heavy (non-hydrogen) atoms. The van der Waals surface area contributed by atoms with Crippen LogP contribution in [0.4, 0.5) is 5.69 Å². The van der Waals surface area contributed by atoms with Gasteiger partial charge in [-0.3, -0.25) is 14.9 Å². The number of esters is 1. The van der Waals surface area contributed by atoms with Crippen LogP contribution in [0.15, 0.2) is 42.5 Å². The van der Waals surface area contributed by atoms with E-state index in [0.717, 1.165) is 11.6 Å². The average Bonchev–Trinajstić information content (AvgIpc) is 2.59. The van der Waals surface area contributed by atoms with Gasteiger partial charge in [0.2, 0.25) is 0 Å². The fraction of sp³-hybridized carbons (Fsp3) is 0.176. The first-order chi connectivity index (χ1) is 12.3. The topological polar surface area (TPSA) is 89.8 Å². The number of hydrogen-bond donors (Lipinski definition) is 0. The van der Waals surface area contributed by atoms with E-state index in [1.807, 2.05) is 6.07 Å². The predicted octanol–water partition coefficient (Wildman–Crippen LogP) is 3.72. The monoisotopic (exact) mass is 396 g/mol. The third-order valence-electron chi connectivity index (χ3n) is 3.44. The van der Waals surface area contributed by atoms with Crippen molar-refractivity contribution in [3.63, 3.8) is 0 Å². The fourth-order valence-corrected chi connectivity index (χ4v) is 2.50. The van der Waals surface area contributed by atoms with Gasteiger partial charge in [-0.15, -0.1) is 0 Å². The van der Waals surface area contributed by atoms with Crippen LogP contribution < -0.4 is 0 Å². The van der Waals surface area contributed by atoms with Crippen molar-refractivity contribution in [2.75, 3.05) is 13.7 Å². The van der Waals surface area contributed by atoms with Gasteiger partial charge in [0.1, 0.15) is 5.02 Å². The van der Waals surface area contributed by atoms with Crippen LogP contribution in [-0.2, 0) is 16.1 Å². The molecule has 0 saturated heterocycles. The van der Waals surface area contributed by atoms with Crippen molar-refractivity contribution < 1.29 is 19.2 Å². The molecule has 2 aromatic rings. The minimum Gasteiger partial charge on any atom is -0.452 e. The molecule has 0 heterocycles.